The van der Waals surface area contributed by atoms with Crippen molar-refractivity contribution in [2.45, 2.75) is 83.0 Å². The van der Waals surface area contributed by atoms with Gasteiger partial charge in [-0.25, -0.2) is 19.4 Å². The molecule has 2 aliphatic heterocycles. The van der Waals surface area contributed by atoms with E-state index in [0.717, 1.165) is 18.4 Å². The number of aryl methyl sites for hydroxylation is 1. The molecule has 1 aromatic heterocycles. The Labute approximate surface area is 291 Å². The van der Waals surface area contributed by atoms with Gasteiger partial charge in [-0.2, -0.15) is 0 Å². The predicted octanol–water partition coefficient (Wildman–Crippen LogP) is 3.48. The van der Waals surface area contributed by atoms with Gasteiger partial charge in [0, 0.05) is 29.9 Å². The number of rotatable bonds is 8. The lowest BCUT2D eigenvalue weighted by Crippen LogP contribution is -2.57. The average Bonchev–Trinajstić information content (AvgIpc) is 3.65. The molecule has 270 valence electrons. The van der Waals surface area contributed by atoms with Gasteiger partial charge in [-0.15, -0.1) is 6.58 Å². The third kappa shape index (κ3) is 7.48. The first-order valence-corrected chi connectivity index (χ1v) is 17.1. The zero-order valence-electron chi connectivity index (χ0n) is 29.2. The molecule has 1 aliphatic carbocycles. The fourth-order valence-electron chi connectivity index (χ4n) is 6.70. The van der Waals surface area contributed by atoms with Gasteiger partial charge in [-0.3, -0.25) is 9.59 Å². The molecule has 50 heavy (non-hydrogen) atoms. The Kier molecular flexibility index (Phi) is 11.2. The maximum atomic E-state index is 14.2. The van der Waals surface area contributed by atoms with E-state index in [1.165, 1.54) is 18.1 Å². The highest BCUT2D eigenvalue weighted by molar-refractivity contribution is 5.97. The van der Waals surface area contributed by atoms with Crippen molar-refractivity contribution in [2.24, 2.45) is 11.8 Å². The van der Waals surface area contributed by atoms with Gasteiger partial charge in [0.1, 0.15) is 35.2 Å². The number of esters is 2. The molecule has 2 N–H and O–H groups in total. The first-order valence-electron chi connectivity index (χ1n) is 17.1. The number of carbonyl (C=O) groups excluding carboxylic acids is 5. The average molecular weight is 695 g/mol. The summed E-state index contributed by atoms with van der Waals surface area (Å²) in [6, 6.07) is 3.05. The summed E-state index contributed by atoms with van der Waals surface area (Å²) >= 11 is 0. The quantitative estimate of drug-likeness (QED) is 0.236. The van der Waals surface area contributed by atoms with Crippen molar-refractivity contribution in [3.63, 3.8) is 0 Å². The van der Waals surface area contributed by atoms with Crippen molar-refractivity contribution in [1.82, 2.24) is 20.5 Å². The minimum absolute atomic E-state index is 0.00956. The zero-order valence-corrected chi connectivity index (χ0v) is 29.2. The van der Waals surface area contributed by atoms with Crippen LogP contribution >= 0.6 is 0 Å². The number of nitrogens with zero attached hydrogens (tertiary/aromatic N) is 2. The third-order valence-electron chi connectivity index (χ3n) is 9.52. The van der Waals surface area contributed by atoms with E-state index in [2.05, 4.69) is 22.2 Å². The van der Waals surface area contributed by atoms with Gasteiger partial charge in [0.05, 0.1) is 39.5 Å². The topological polar surface area (TPSA) is 172 Å². The Morgan fingerprint density at radius 1 is 1.18 bits per heavy atom. The fraction of sp³-hybridized carbons (Fsp3) is 0.556. The number of alkyl carbamates (subject to hydrolysis) is 1. The van der Waals surface area contributed by atoms with Crippen LogP contribution in [0.1, 0.15) is 68.9 Å². The lowest BCUT2D eigenvalue weighted by molar-refractivity contribution is -0.150. The molecule has 5 atom stereocenters. The number of methoxy groups -OCH3 is 2. The number of nitrogens with one attached hydrogen (secondary N) is 2. The van der Waals surface area contributed by atoms with Crippen LogP contribution in [0.25, 0.3) is 10.9 Å². The van der Waals surface area contributed by atoms with Crippen LogP contribution in [0.15, 0.2) is 30.9 Å². The number of benzene rings is 1. The van der Waals surface area contributed by atoms with Crippen LogP contribution in [0, 0.1) is 11.8 Å². The standard InChI is InChI=1S/C36H46N4O10/c1-7-22-18-36(22,34(44)48-8-2)39-31(41)27-15-23-19-40(27)32(42)30(20(3)4)38-35(45)49-13-11-9-10-12-21-14-24-25(16-28(21)46-5)37-26(33(43)47-6)17-29(24)50-23/h7,14,16-17,20,22-23,27,30H,1,8-13,15,18-19H2,2-6H3,(H,38,45)(H,39,41)/t22-,23+,27-,30-,36+/m0/s1. The monoisotopic (exact) mass is 694 g/mol. The molecule has 1 aromatic carbocycles. The highest BCUT2D eigenvalue weighted by Gasteiger charge is 2.62. The van der Waals surface area contributed by atoms with Crippen LogP contribution in [0.4, 0.5) is 4.79 Å². The van der Waals surface area contributed by atoms with Crippen LogP contribution in [-0.2, 0) is 35.0 Å². The van der Waals surface area contributed by atoms with Crippen molar-refractivity contribution < 1.29 is 47.7 Å². The number of hydrogen-bond acceptors (Lipinski definition) is 11. The molecule has 3 heterocycles. The van der Waals surface area contributed by atoms with E-state index in [-0.39, 0.29) is 43.7 Å². The van der Waals surface area contributed by atoms with Gasteiger partial charge in [-0.1, -0.05) is 19.9 Å². The number of pyridine rings is 1. The normalized spacial score (nSPS) is 25.4. The van der Waals surface area contributed by atoms with Gasteiger partial charge in [0.25, 0.3) is 0 Å². The van der Waals surface area contributed by atoms with E-state index in [1.807, 2.05) is 6.07 Å². The molecular weight excluding hydrogens is 648 g/mol. The Morgan fingerprint density at radius 2 is 1.96 bits per heavy atom. The second-order valence-electron chi connectivity index (χ2n) is 13.2. The summed E-state index contributed by atoms with van der Waals surface area (Å²) in [6.07, 6.45) is 3.28. The highest BCUT2D eigenvalue weighted by Crippen LogP contribution is 2.46. The van der Waals surface area contributed by atoms with Crippen molar-refractivity contribution >= 4 is 40.7 Å². The second kappa shape index (κ2) is 15.3. The minimum atomic E-state index is -1.29. The van der Waals surface area contributed by atoms with E-state index in [4.69, 9.17) is 23.7 Å². The van der Waals surface area contributed by atoms with Crippen molar-refractivity contribution in [2.75, 3.05) is 34.0 Å². The number of ether oxygens (including phenoxy) is 5. The summed E-state index contributed by atoms with van der Waals surface area (Å²) < 4.78 is 27.9. The van der Waals surface area contributed by atoms with E-state index >= 15 is 0 Å². The van der Waals surface area contributed by atoms with Gasteiger partial charge in [0.2, 0.25) is 11.8 Å². The zero-order chi connectivity index (χ0) is 36.2. The van der Waals surface area contributed by atoms with Gasteiger partial charge < -0.3 is 39.2 Å². The predicted molar refractivity (Wildman–Crippen MR) is 181 cm³/mol. The van der Waals surface area contributed by atoms with Crippen molar-refractivity contribution in [3.05, 3.63) is 42.1 Å². The summed E-state index contributed by atoms with van der Waals surface area (Å²) in [5.74, 6) is -2.11. The minimum Gasteiger partial charge on any atom is -0.496 e. The molecule has 0 unspecified atom stereocenters. The van der Waals surface area contributed by atoms with Crippen molar-refractivity contribution in [3.8, 4) is 11.5 Å². The molecule has 0 spiro atoms. The Balaban J connectivity index is 1.56. The van der Waals surface area contributed by atoms with Crippen molar-refractivity contribution in [1.29, 1.82) is 0 Å². The van der Waals surface area contributed by atoms with Crippen LogP contribution in [0.2, 0.25) is 0 Å². The lowest BCUT2D eigenvalue weighted by Gasteiger charge is -2.31. The SMILES string of the molecule is C=C[C@H]1C[C@]1(NC(=O)[C@@H]1C[C@@H]2CN1C(=O)[C@H](C(C)C)NC(=O)OCCCCCc1cc3c(cc(C(=O)OC)nc3cc1OC)O2)C(=O)OCC. The number of hydrogen-bond donors (Lipinski definition) is 2. The Hall–Kier alpha value is -4.88. The summed E-state index contributed by atoms with van der Waals surface area (Å²) in [7, 11) is 2.81. The van der Waals surface area contributed by atoms with Crippen LogP contribution in [0.5, 0.6) is 11.5 Å². The molecule has 2 fully saturated rings. The molecule has 0 radical (unpaired) electrons. The summed E-state index contributed by atoms with van der Waals surface area (Å²) in [5.41, 5.74) is 0.0495. The van der Waals surface area contributed by atoms with Crippen LogP contribution < -0.4 is 20.1 Å². The highest BCUT2D eigenvalue weighted by atomic mass is 16.6. The largest absolute Gasteiger partial charge is 0.496 e. The molecule has 3 amide bonds. The second-order valence-corrected chi connectivity index (χ2v) is 13.2. The molecular formula is C36H46N4O10. The fourth-order valence-corrected chi connectivity index (χ4v) is 6.70. The van der Waals surface area contributed by atoms with Gasteiger partial charge >= 0.3 is 18.0 Å². The number of amides is 3. The molecule has 14 heteroatoms. The summed E-state index contributed by atoms with van der Waals surface area (Å²) in [5, 5.41) is 6.18. The molecule has 14 nitrogen and oxygen atoms in total. The van der Waals surface area contributed by atoms with Crippen LogP contribution in [-0.4, -0.2) is 97.4 Å². The van der Waals surface area contributed by atoms with E-state index in [1.54, 1.807) is 40.0 Å². The molecule has 1 saturated carbocycles. The van der Waals surface area contributed by atoms with Crippen LogP contribution in [0.3, 0.4) is 0 Å². The first-order chi connectivity index (χ1) is 24.0. The number of cyclic esters (lactones) is 1. The lowest BCUT2D eigenvalue weighted by atomic mass is 10.0. The molecule has 4 bridgehead atoms. The maximum Gasteiger partial charge on any atom is 0.407 e. The first kappa shape index (κ1) is 36.4. The molecule has 5 rings (SSSR count). The van der Waals surface area contributed by atoms with Gasteiger partial charge in [0.15, 0.2) is 5.69 Å². The molecule has 3 aliphatic rings. The smallest absolute Gasteiger partial charge is 0.407 e. The Morgan fingerprint density at radius 3 is 2.62 bits per heavy atom. The number of fused-ring (bicyclic) bond motifs is 3. The van der Waals surface area contributed by atoms with E-state index in [0.29, 0.717) is 41.7 Å². The number of carbonyl (C=O) groups is 5. The Bertz CT molecular complexity index is 1660. The third-order valence-corrected chi connectivity index (χ3v) is 9.52. The van der Waals surface area contributed by atoms with E-state index in [9.17, 15) is 24.0 Å². The summed E-state index contributed by atoms with van der Waals surface area (Å²) in [4.78, 5) is 72.8. The molecule has 2 aromatic rings. The maximum absolute atomic E-state index is 14.2. The molecule has 1 saturated heterocycles. The van der Waals surface area contributed by atoms with Gasteiger partial charge in [-0.05, 0) is 56.6 Å². The number of aromatic nitrogens is 1. The summed E-state index contributed by atoms with van der Waals surface area (Å²) in [6.45, 7) is 9.30. The van der Waals surface area contributed by atoms with E-state index < -0.39 is 53.6 Å².